The van der Waals surface area contributed by atoms with Gasteiger partial charge in [0.05, 0.1) is 11.8 Å². The highest BCUT2D eigenvalue weighted by atomic mass is 79.9. The first-order chi connectivity index (χ1) is 12.6. The number of nitrogens with one attached hydrogen (secondary N) is 1. The number of hydrogen-bond acceptors (Lipinski definition) is 3. The molecule has 6 heteroatoms. The van der Waals surface area contributed by atoms with E-state index in [2.05, 4.69) is 26.2 Å². The Balaban J connectivity index is 1.46. The molecular weight excluding hydrogens is 399 g/mol. The number of aryl methyl sites for hydroxylation is 1. The summed E-state index contributed by atoms with van der Waals surface area (Å²) in [5.74, 6) is 0.361. The molecule has 4 nitrogen and oxygen atoms in total. The summed E-state index contributed by atoms with van der Waals surface area (Å²) in [5, 5.41) is 2.89. The van der Waals surface area contributed by atoms with E-state index in [1.54, 1.807) is 18.2 Å². The molecule has 2 aromatic carbocycles. The molecule has 134 valence electrons. The van der Waals surface area contributed by atoms with Crippen molar-refractivity contribution in [2.75, 3.05) is 6.54 Å². The lowest BCUT2D eigenvalue weighted by Crippen LogP contribution is -2.26. The zero-order chi connectivity index (χ0) is 18.4. The second kappa shape index (κ2) is 8.76. The SMILES string of the molecule is O=C(CCc1ncc(-c2ccccc2F)o1)NCCc1ccccc1Br. The quantitative estimate of drug-likeness (QED) is 0.615. The average molecular weight is 417 g/mol. The molecule has 0 saturated carbocycles. The van der Waals surface area contributed by atoms with E-state index in [1.807, 2.05) is 24.3 Å². The van der Waals surface area contributed by atoms with Crippen LogP contribution in [0, 0.1) is 5.82 Å². The van der Waals surface area contributed by atoms with Crippen molar-refractivity contribution >= 4 is 21.8 Å². The minimum Gasteiger partial charge on any atom is -0.441 e. The van der Waals surface area contributed by atoms with Crippen LogP contribution in [0.4, 0.5) is 4.39 Å². The second-order valence-electron chi connectivity index (χ2n) is 5.79. The summed E-state index contributed by atoms with van der Waals surface area (Å²) < 4.78 is 20.3. The van der Waals surface area contributed by atoms with Gasteiger partial charge in [-0.15, -0.1) is 0 Å². The first-order valence-electron chi connectivity index (χ1n) is 8.33. The lowest BCUT2D eigenvalue weighted by atomic mass is 10.1. The van der Waals surface area contributed by atoms with Gasteiger partial charge in [0.2, 0.25) is 5.91 Å². The normalized spacial score (nSPS) is 10.7. The van der Waals surface area contributed by atoms with Crippen LogP contribution in [0.3, 0.4) is 0 Å². The number of nitrogens with zero attached hydrogens (tertiary/aromatic N) is 1. The van der Waals surface area contributed by atoms with Crippen LogP contribution in [0.25, 0.3) is 11.3 Å². The van der Waals surface area contributed by atoms with Crippen LogP contribution in [-0.2, 0) is 17.6 Å². The molecule has 0 aliphatic carbocycles. The van der Waals surface area contributed by atoms with Gasteiger partial charge in [-0.1, -0.05) is 46.3 Å². The van der Waals surface area contributed by atoms with Crippen molar-refractivity contribution in [3.8, 4) is 11.3 Å². The van der Waals surface area contributed by atoms with Gasteiger partial charge in [0.25, 0.3) is 0 Å². The summed E-state index contributed by atoms with van der Waals surface area (Å²) in [4.78, 5) is 16.1. The molecule has 1 aromatic heterocycles. The van der Waals surface area contributed by atoms with Gasteiger partial charge in [0, 0.05) is 23.9 Å². The van der Waals surface area contributed by atoms with Crippen LogP contribution in [0.2, 0.25) is 0 Å². The Kier molecular flexibility index (Phi) is 6.17. The van der Waals surface area contributed by atoms with E-state index in [9.17, 15) is 9.18 Å². The molecule has 0 aliphatic rings. The topological polar surface area (TPSA) is 55.1 Å². The van der Waals surface area contributed by atoms with E-state index >= 15 is 0 Å². The van der Waals surface area contributed by atoms with Gasteiger partial charge in [-0.25, -0.2) is 9.37 Å². The number of oxazole rings is 1. The Morgan fingerprint density at radius 2 is 1.88 bits per heavy atom. The molecule has 0 bridgehead atoms. The first-order valence-corrected chi connectivity index (χ1v) is 9.12. The first kappa shape index (κ1) is 18.3. The van der Waals surface area contributed by atoms with Gasteiger partial charge in [0.15, 0.2) is 11.7 Å². The van der Waals surface area contributed by atoms with Gasteiger partial charge in [-0.05, 0) is 30.2 Å². The third-order valence-corrected chi connectivity index (χ3v) is 4.71. The van der Waals surface area contributed by atoms with Crippen LogP contribution in [-0.4, -0.2) is 17.4 Å². The van der Waals surface area contributed by atoms with Gasteiger partial charge in [-0.2, -0.15) is 0 Å². The highest BCUT2D eigenvalue weighted by Crippen LogP contribution is 2.23. The molecule has 0 aliphatic heterocycles. The van der Waals surface area contributed by atoms with E-state index in [0.29, 0.717) is 30.2 Å². The van der Waals surface area contributed by atoms with Crippen LogP contribution in [0.15, 0.2) is 63.6 Å². The number of hydrogen-bond donors (Lipinski definition) is 1. The molecule has 0 spiro atoms. The van der Waals surface area contributed by atoms with Crippen LogP contribution < -0.4 is 5.32 Å². The molecule has 0 atom stereocenters. The van der Waals surface area contributed by atoms with E-state index in [-0.39, 0.29) is 18.1 Å². The lowest BCUT2D eigenvalue weighted by molar-refractivity contribution is -0.121. The third kappa shape index (κ3) is 4.79. The number of amides is 1. The molecule has 1 heterocycles. The summed E-state index contributed by atoms with van der Waals surface area (Å²) in [7, 11) is 0. The largest absolute Gasteiger partial charge is 0.441 e. The molecule has 0 saturated heterocycles. The van der Waals surface area contributed by atoms with Crippen LogP contribution in [0.1, 0.15) is 17.9 Å². The van der Waals surface area contributed by atoms with Gasteiger partial charge in [0.1, 0.15) is 5.82 Å². The van der Waals surface area contributed by atoms with Crippen LogP contribution in [0.5, 0.6) is 0 Å². The number of carbonyl (C=O) groups is 1. The number of benzene rings is 2. The number of aromatic nitrogens is 1. The predicted octanol–water partition coefficient (Wildman–Crippen LogP) is 4.53. The minimum absolute atomic E-state index is 0.0669. The maximum absolute atomic E-state index is 13.8. The fourth-order valence-corrected chi connectivity index (χ4v) is 3.04. The van der Waals surface area contributed by atoms with Crippen molar-refractivity contribution in [1.82, 2.24) is 10.3 Å². The highest BCUT2D eigenvalue weighted by molar-refractivity contribution is 9.10. The Morgan fingerprint density at radius 3 is 2.69 bits per heavy atom. The summed E-state index contributed by atoms with van der Waals surface area (Å²) in [5.41, 5.74) is 1.51. The van der Waals surface area contributed by atoms with Gasteiger partial charge in [-0.3, -0.25) is 4.79 Å². The standard InChI is InChI=1S/C20H18BrFN2O2/c21-16-7-3-1-5-14(16)11-12-23-19(25)9-10-20-24-13-18(26-20)15-6-2-4-8-17(15)22/h1-8,13H,9-12H2,(H,23,25). The van der Waals surface area contributed by atoms with Crippen molar-refractivity contribution in [2.24, 2.45) is 0 Å². The Labute approximate surface area is 159 Å². The zero-order valence-electron chi connectivity index (χ0n) is 14.0. The smallest absolute Gasteiger partial charge is 0.220 e. The second-order valence-corrected chi connectivity index (χ2v) is 6.64. The van der Waals surface area contributed by atoms with Crippen molar-refractivity contribution < 1.29 is 13.6 Å². The van der Waals surface area contributed by atoms with E-state index in [1.165, 1.54) is 12.3 Å². The van der Waals surface area contributed by atoms with E-state index in [4.69, 9.17) is 4.42 Å². The summed E-state index contributed by atoms with van der Waals surface area (Å²) in [6.07, 6.45) is 2.88. The monoisotopic (exact) mass is 416 g/mol. The molecule has 1 N–H and O–H groups in total. The Morgan fingerprint density at radius 1 is 1.12 bits per heavy atom. The van der Waals surface area contributed by atoms with E-state index < -0.39 is 0 Å². The van der Waals surface area contributed by atoms with Crippen molar-refractivity contribution in [3.05, 3.63) is 76.5 Å². The zero-order valence-corrected chi connectivity index (χ0v) is 15.6. The summed E-state index contributed by atoms with van der Waals surface area (Å²) in [6.45, 7) is 0.563. The lowest BCUT2D eigenvalue weighted by Gasteiger charge is -2.06. The van der Waals surface area contributed by atoms with Crippen molar-refractivity contribution in [1.29, 1.82) is 0 Å². The maximum atomic E-state index is 13.8. The molecule has 3 aromatic rings. The average Bonchev–Trinajstić information content (AvgIpc) is 3.11. The maximum Gasteiger partial charge on any atom is 0.220 e. The van der Waals surface area contributed by atoms with Gasteiger partial charge >= 0.3 is 0 Å². The fraction of sp³-hybridized carbons (Fsp3) is 0.200. The minimum atomic E-state index is -0.361. The molecule has 0 fully saturated rings. The Bertz CT molecular complexity index is 895. The molecule has 0 radical (unpaired) electrons. The molecular formula is C20H18BrFN2O2. The number of rotatable bonds is 7. The summed E-state index contributed by atoms with van der Waals surface area (Å²) in [6, 6.07) is 14.3. The van der Waals surface area contributed by atoms with Gasteiger partial charge < -0.3 is 9.73 Å². The Hall–Kier alpha value is -2.47. The van der Waals surface area contributed by atoms with Crippen molar-refractivity contribution in [2.45, 2.75) is 19.3 Å². The predicted molar refractivity (Wildman–Crippen MR) is 101 cm³/mol. The molecule has 3 rings (SSSR count). The fourth-order valence-electron chi connectivity index (χ4n) is 2.56. The van der Waals surface area contributed by atoms with Crippen molar-refractivity contribution in [3.63, 3.8) is 0 Å². The third-order valence-electron chi connectivity index (χ3n) is 3.93. The summed E-state index contributed by atoms with van der Waals surface area (Å²) >= 11 is 3.49. The highest BCUT2D eigenvalue weighted by Gasteiger charge is 2.11. The molecule has 1 amide bonds. The molecule has 0 unspecified atom stereocenters. The van der Waals surface area contributed by atoms with Crippen LogP contribution >= 0.6 is 15.9 Å². The molecule has 26 heavy (non-hydrogen) atoms. The van der Waals surface area contributed by atoms with E-state index in [0.717, 1.165) is 16.5 Å². The number of carbonyl (C=O) groups excluding carboxylic acids is 1. The number of halogens is 2.